The minimum Gasteiger partial charge on any atom is -0.369 e. The molecule has 1 aliphatic heterocycles. The van der Waals surface area contributed by atoms with E-state index in [0.29, 0.717) is 29.2 Å². The summed E-state index contributed by atoms with van der Waals surface area (Å²) in [6.45, 7) is 2.16. The number of nitrogen functional groups attached to an aromatic ring is 1. The normalized spacial score (nSPS) is 23.6. The molecule has 1 saturated heterocycles. The minimum atomic E-state index is -0.256. The highest BCUT2D eigenvalue weighted by atomic mass is 35.5. The number of anilines is 2. The molecular formula is C20H24ClN5O2. The van der Waals surface area contributed by atoms with Gasteiger partial charge in [-0.15, -0.1) is 0 Å². The molecule has 1 amide bonds. The average Bonchev–Trinajstić information content (AvgIpc) is 2.62. The molecule has 7 nitrogen and oxygen atoms in total. The molecule has 148 valence electrons. The maximum Gasteiger partial charge on any atom is 0.254 e. The number of carbonyl (C=O) groups is 1. The Morgan fingerprint density at radius 1 is 1.39 bits per heavy atom. The van der Waals surface area contributed by atoms with Crippen LogP contribution in [0.2, 0.25) is 5.02 Å². The third-order valence-electron chi connectivity index (χ3n) is 5.89. The van der Waals surface area contributed by atoms with Crippen LogP contribution >= 0.6 is 11.6 Å². The number of nitrogens with one attached hydrogen (secondary N) is 2. The third kappa shape index (κ3) is 3.99. The predicted molar refractivity (Wildman–Crippen MR) is 109 cm³/mol. The van der Waals surface area contributed by atoms with Gasteiger partial charge in [-0.05, 0) is 48.8 Å². The van der Waals surface area contributed by atoms with Gasteiger partial charge in [0, 0.05) is 36.6 Å². The van der Waals surface area contributed by atoms with Crippen LogP contribution in [0.5, 0.6) is 0 Å². The van der Waals surface area contributed by atoms with Crippen molar-refractivity contribution < 1.29 is 4.79 Å². The van der Waals surface area contributed by atoms with Crippen LogP contribution in [0.25, 0.3) is 0 Å². The maximum absolute atomic E-state index is 12.6. The van der Waals surface area contributed by atoms with Gasteiger partial charge < -0.3 is 16.0 Å². The van der Waals surface area contributed by atoms with Gasteiger partial charge in [-0.1, -0.05) is 23.7 Å². The standard InChI is InChI=1S/C20H24ClN5O2/c21-14-3-1-2-12(8-14)4-6-23-19(28)15-9-13-5-7-26(11-16(13)15)17-10-18(27)25-20(22)24-17/h1-3,8,10,13,15-16H,4-7,9,11H2,(H,23,28)(H3,22,24,25,27)/t13-,15-,16-/m1/s1. The Morgan fingerprint density at radius 2 is 2.25 bits per heavy atom. The monoisotopic (exact) mass is 401 g/mol. The zero-order chi connectivity index (χ0) is 19.7. The quantitative estimate of drug-likeness (QED) is 0.709. The van der Waals surface area contributed by atoms with Crippen LogP contribution in [0.4, 0.5) is 11.8 Å². The predicted octanol–water partition coefficient (Wildman–Crippen LogP) is 1.83. The minimum absolute atomic E-state index is 0.0199. The van der Waals surface area contributed by atoms with Crippen LogP contribution in [0, 0.1) is 17.8 Å². The molecule has 0 bridgehead atoms. The molecule has 1 aliphatic carbocycles. The van der Waals surface area contributed by atoms with Crippen molar-refractivity contribution in [3.8, 4) is 0 Å². The molecule has 28 heavy (non-hydrogen) atoms. The Labute approximate surface area is 168 Å². The first kappa shape index (κ1) is 18.8. The number of aromatic amines is 1. The molecule has 1 aromatic carbocycles. The maximum atomic E-state index is 12.6. The zero-order valence-corrected chi connectivity index (χ0v) is 16.3. The summed E-state index contributed by atoms with van der Waals surface area (Å²) >= 11 is 6.00. The van der Waals surface area contributed by atoms with Crippen LogP contribution in [-0.4, -0.2) is 35.5 Å². The summed E-state index contributed by atoms with van der Waals surface area (Å²) in [7, 11) is 0. The highest BCUT2D eigenvalue weighted by molar-refractivity contribution is 6.30. The Kier molecular flexibility index (Phi) is 5.26. The Balaban J connectivity index is 1.33. The fourth-order valence-electron chi connectivity index (χ4n) is 4.37. The lowest BCUT2D eigenvalue weighted by molar-refractivity contribution is -0.133. The van der Waals surface area contributed by atoms with Gasteiger partial charge in [-0.2, -0.15) is 4.98 Å². The first-order valence-corrected chi connectivity index (χ1v) is 10.0. The summed E-state index contributed by atoms with van der Waals surface area (Å²) in [5.41, 5.74) is 6.52. The van der Waals surface area contributed by atoms with Crippen molar-refractivity contribution in [3.63, 3.8) is 0 Å². The molecule has 3 atom stereocenters. The van der Waals surface area contributed by atoms with Crippen molar-refractivity contribution in [2.45, 2.75) is 19.3 Å². The number of fused-ring (bicyclic) bond motifs is 1. The van der Waals surface area contributed by atoms with Gasteiger partial charge >= 0.3 is 0 Å². The molecule has 2 heterocycles. The van der Waals surface area contributed by atoms with E-state index in [0.717, 1.165) is 37.9 Å². The van der Waals surface area contributed by atoms with Crippen molar-refractivity contribution in [3.05, 3.63) is 51.3 Å². The topological polar surface area (TPSA) is 104 Å². The molecule has 0 spiro atoms. The van der Waals surface area contributed by atoms with E-state index in [9.17, 15) is 9.59 Å². The second-order valence-electron chi connectivity index (χ2n) is 7.66. The molecule has 4 rings (SSSR count). The average molecular weight is 402 g/mol. The van der Waals surface area contributed by atoms with E-state index in [2.05, 4.69) is 20.2 Å². The van der Waals surface area contributed by atoms with E-state index in [4.69, 9.17) is 17.3 Å². The fraction of sp³-hybridized carbons (Fsp3) is 0.450. The lowest BCUT2D eigenvalue weighted by Gasteiger charge is -2.50. The number of hydrogen-bond acceptors (Lipinski definition) is 5. The third-order valence-corrected chi connectivity index (χ3v) is 6.12. The fourth-order valence-corrected chi connectivity index (χ4v) is 4.59. The van der Waals surface area contributed by atoms with E-state index in [1.807, 2.05) is 24.3 Å². The molecule has 0 unspecified atom stereocenters. The number of nitrogens with zero attached hydrogens (tertiary/aromatic N) is 2. The van der Waals surface area contributed by atoms with Gasteiger partial charge in [0.25, 0.3) is 5.56 Å². The van der Waals surface area contributed by atoms with Gasteiger partial charge in [-0.3, -0.25) is 14.6 Å². The van der Waals surface area contributed by atoms with Crippen molar-refractivity contribution in [2.75, 3.05) is 30.3 Å². The van der Waals surface area contributed by atoms with Crippen molar-refractivity contribution >= 4 is 29.3 Å². The van der Waals surface area contributed by atoms with Gasteiger partial charge in [0.15, 0.2) is 0 Å². The van der Waals surface area contributed by atoms with Crippen LogP contribution in [0.15, 0.2) is 35.1 Å². The van der Waals surface area contributed by atoms with Crippen LogP contribution in [0.3, 0.4) is 0 Å². The molecule has 1 saturated carbocycles. The molecule has 0 radical (unpaired) electrons. The number of amides is 1. The van der Waals surface area contributed by atoms with Crippen molar-refractivity contribution in [2.24, 2.45) is 17.8 Å². The highest BCUT2D eigenvalue weighted by Crippen LogP contribution is 2.46. The van der Waals surface area contributed by atoms with Crippen LogP contribution < -0.4 is 21.5 Å². The van der Waals surface area contributed by atoms with Gasteiger partial charge in [-0.25, -0.2) is 0 Å². The summed E-state index contributed by atoms with van der Waals surface area (Å²) < 4.78 is 0. The summed E-state index contributed by atoms with van der Waals surface area (Å²) in [4.78, 5) is 33.1. The molecule has 8 heteroatoms. The summed E-state index contributed by atoms with van der Waals surface area (Å²) in [5, 5.41) is 3.78. The van der Waals surface area contributed by atoms with E-state index in [1.54, 1.807) is 0 Å². The molecule has 4 N–H and O–H groups in total. The summed E-state index contributed by atoms with van der Waals surface area (Å²) in [6.07, 6.45) is 2.70. The second-order valence-corrected chi connectivity index (χ2v) is 8.10. The van der Waals surface area contributed by atoms with Gasteiger partial charge in [0.2, 0.25) is 11.9 Å². The first-order chi connectivity index (χ1) is 13.5. The second kappa shape index (κ2) is 7.83. The number of carbonyl (C=O) groups excluding carboxylic acids is 1. The van der Waals surface area contributed by atoms with Crippen molar-refractivity contribution in [1.29, 1.82) is 0 Å². The molecule has 1 aromatic heterocycles. The summed E-state index contributed by atoms with van der Waals surface area (Å²) in [5.74, 6) is 1.71. The molecule has 2 fully saturated rings. The lowest BCUT2D eigenvalue weighted by Crippen LogP contribution is -2.55. The number of piperidine rings is 1. The first-order valence-electron chi connectivity index (χ1n) is 9.63. The Bertz CT molecular complexity index is 931. The van der Waals surface area contributed by atoms with E-state index in [-0.39, 0.29) is 23.3 Å². The molecule has 2 aromatic rings. The summed E-state index contributed by atoms with van der Waals surface area (Å²) in [6, 6.07) is 9.16. The lowest BCUT2D eigenvalue weighted by atomic mass is 9.61. The SMILES string of the molecule is Nc1nc(N2CC[C@@H]3C[C@@H](C(=O)NCCc4cccc(Cl)c4)[C@@H]3C2)cc(=O)[nH]1. The largest absolute Gasteiger partial charge is 0.369 e. The van der Waals surface area contributed by atoms with Gasteiger partial charge in [0.1, 0.15) is 5.82 Å². The smallest absolute Gasteiger partial charge is 0.254 e. The van der Waals surface area contributed by atoms with Crippen LogP contribution in [0.1, 0.15) is 18.4 Å². The Morgan fingerprint density at radius 3 is 3.04 bits per heavy atom. The number of H-pyrrole nitrogens is 1. The van der Waals surface area contributed by atoms with E-state index < -0.39 is 0 Å². The highest BCUT2D eigenvalue weighted by Gasteiger charge is 2.47. The number of halogens is 1. The van der Waals surface area contributed by atoms with Gasteiger partial charge in [0.05, 0.1) is 0 Å². The number of hydrogen-bond donors (Lipinski definition) is 3. The molecular weight excluding hydrogens is 378 g/mol. The molecule has 2 aliphatic rings. The van der Waals surface area contributed by atoms with Crippen molar-refractivity contribution in [1.82, 2.24) is 15.3 Å². The number of benzene rings is 1. The van der Waals surface area contributed by atoms with E-state index in [1.165, 1.54) is 6.07 Å². The number of nitrogens with two attached hydrogens (primary N) is 1. The van der Waals surface area contributed by atoms with Crippen LogP contribution in [-0.2, 0) is 11.2 Å². The number of aromatic nitrogens is 2. The zero-order valence-electron chi connectivity index (χ0n) is 15.5. The van der Waals surface area contributed by atoms with E-state index >= 15 is 0 Å². The Hall–Kier alpha value is -2.54. The number of rotatable bonds is 5.